The van der Waals surface area contributed by atoms with Crippen LogP contribution in [0.5, 0.6) is 0 Å². The van der Waals surface area contributed by atoms with Crippen molar-refractivity contribution in [2.45, 2.75) is 25.8 Å². The monoisotopic (exact) mass is 188 g/mol. The van der Waals surface area contributed by atoms with Crippen LogP contribution in [0.4, 0.5) is 0 Å². The van der Waals surface area contributed by atoms with Gasteiger partial charge in [0.05, 0.1) is 6.61 Å². The van der Waals surface area contributed by atoms with Crippen LogP contribution in [0, 0.1) is 0 Å². The normalized spacial score (nSPS) is 13.6. The third-order valence-electron chi connectivity index (χ3n) is 2.35. The van der Waals surface area contributed by atoms with Gasteiger partial charge in [-0.3, -0.25) is 0 Å². The maximum absolute atomic E-state index is 5.10. The standard InChI is InChI=1S/C10H24N2O/c1-10(9-13-4)12(3)8-6-5-7-11-2/h10-11H,5-9H2,1-4H3. The molecule has 13 heavy (non-hydrogen) atoms. The number of likely N-dealkylation sites (N-methyl/N-ethyl adjacent to an activating group) is 1. The average Bonchev–Trinajstić information content (AvgIpc) is 2.12. The first-order chi connectivity index (χ1) is 6.22. The lowest BCUT2D eigenvalue weighted by Gasteiger charge is -2.23. The van der Waals surface area contributed by atoms with E-state index in [1.165, 1.54) is 12.8 Å². The third kappa shape index (κ3) is 6.99. The van der Waals surface area contributed by atoms with Gasteiger partial charge in [-0.1, -0.05) is 0 Å². The molecule has 1 atom stereocenters. The molecule has 0 aliphatic carbocycles. The van der Waals surface area contributed by atoms with E-state index in [9.17, 15) is 0 Å². The molecule has 3 heteroatoms. The number of unbranched alkanes of at least 4 members (excludes halogenated alkanes) is 1. The highest BCUT2D eigenvalue weighted by Gasteiger charge is 2.06. The molecule has 1 N–H and O–H groups in total. The molecule has 0 aromatic rings. The SMILES string of the molecule is CNCCCCN(C)C(C)COC. The van der Waals surface area contributed by atoms with Crippen LogP contribution in [0.25, 0.3) is 0 Å². The molecule has 0 saturated heterocycles. The van der Waals surface area contributed by atoms with Crippen molar-refractivity contribution in [2.24, 2.45) is 0 Å². The molecule has 0 aliphatic rings. The lowest BCUT2D eigenvalue weighted by molar-refractivity contribution is 0.114. The van der Waals surface area contributed by atoms with E-state index in [0.717, 1.165) is 19.7 Å². The number of nitrogens with zero attached hydrogens (tertiary/aromatic N) is 1. The predicted molar refractivity (Wildman–Crippen MR) is 57.1 cm³/mol. The molecule has 0 fully saturated rings. The van der Waals surface area contributed by atoms with Crippen LogP contribution in [0.1, 0.15) is 19.8 Å². The van der Waals surface area contributed by atoms with Gasteiger partial charge in [0.15, 0.2) is 0 Å². The van der Waals surface area contributed by atoms with E-state index in [2.05, 4.69) is 24.2 Å². The first-order valence-electron chi connectivity index (χ1n) is 5.06. The van der Waals surface area contributed by atoms with Gasteiger partial charge >= 0.3 is 0 Å². The summed E-state index contributed by atoms with van der Waals surface area (Å²) in [6, 6.07) is 0.527. The predicted octanol–water partition coefficient (Wildman–Crippen LogP) is 0.953. The summed E-state index contributed by atoms with van der Waals surface area (Å²) in [7, 11) is 5.91. The zero-order valence-corrected chi connectivity index (χ0v) is 9.47. The molecule has 80 valence electrons. The molecule has 0 aromatic heterocycles. The Balaban J connectivity index is 3.32. The molecule has 0 rings (SSSR count). The molecule has 0 bridgehead atoms. The summed E-state index contributed by atoms with van der Waals surface area (Å²) < 4.78 is 5.10. The van der Waals surface area contributed by atoms with Crippen LogP contribution in [0.2, 0.25) is 0 Å². The Morgan fingerprint density at radius 2 is 2.08 bits per heavy atom. The second-order valence-corrected chi connectivity index (χ2v) is 3.60. The lowest BCUT2D eigenvalue weighted by Crippen LogP contribution is -2.33. The van der Waals surface area contributed by atoms with Crippen molar-refractivity contribution in [3.8, 4) is 0 Å². The van der Waals surface area contributed by atoms with Crippen molar-refractivity contribution in [3.63, 3.8) is 0 Å². The molecule has 0 heterocycles. The van der Waals surface area contributed by atoms with Crippen LogP contribution in [-0.2, 0) is 4.74 Å². The summed E-state index contributed by atoms with van der Waals surface area (Å²) in [4.78, 5) is 2.35. The van der Waals surface area contributed by atoms with Gasteiger partial charge in [0.25, 0.3) is 0 Å². The van der Waals surface area contributed by atoms with Crippen molar-refractivity contribution < 1.29 is 4.74 Å². The van der Waals surface area contributed by atoms with E-state index >= 15 is 0 Å². The molecular weight excluding hydrogens is 164 g/mol. The molecule has 0 spiro atoms. The van der Waals surface area contributed by atoms with Crippen LogP contribution < -0.4 is 5.32 Å². The quantitative estimate of drug-likeness (QED) is 0.574. The zero-order valence-electron chi connectivity index (χ0n) is 9.47. The molecule has 0 aliphatic heterocycles. The number of ether oxygens (including phenoxy) is 1. The van der Waals surface area contributed by atoms with Gasteiger partial charge in [-0.05, 0) is 47.0 Å². The maximum Gasteiger partial charge on any atom is 0.0615 e. The lowest BCUT2D eigenvalue weighted by atomic mass is 10.2. The number of hydrogen-bond acceptors (Lipinski definition) is 3. The Hall–Kier alpha value is -0.120. The summed E-state index contributed by atoms with van der Waals surface area (Å²) in [5, 5.41) is 3.15. The van der Waals surface area contributed by atoms with Crippen LogP contribution >= 0.6 is 0 Å². The second kappa shape index (κ2) is 8.48. The van der Waals surface area contributed by atoms with Crippen molar-refractivity contribution in [1.82, 2.24) is 10.2 Å². The summed E-state index contributed by atoms with van der Waals surface area (Å²) in [5.74, 6) is 0. The summed E-state index contributed by atoms with van der Waals surface area (Å²) in [6.07, 6.45) is 2.51. The minimum absolute atomic E-state index is 0.527. The van der Waals surface area contributed by atoms with Crippen molar-refractivity contribution in [1.29, 1.82) is 0 Å². The molecule has 3 nitrogen and oxygen atoms in total. The van der Waals surface area contributed by atoms with Gasteiger partial charge < -0.3 is 15.0 Å². The van der Waals surface area contributed by atoms with Crippen molar-refractivity contribution in [2.75, 3.05) is 40.9 Å². The Morgan fingerprint density at radius 1 is 1.38 bits per heavy atom. The van der Waals surface area contributed by atoms with Crippen LogP contribution in [-0.4, -0.2) is 51.8 Å². The fourth-order valence-corrected chi connectivity index (χ4v) is 1.25. The fraction of sp³-hybridized carbons (Fsp3) is 1.00. The van der Waals surface area contributed by atoms with Crippen molar-refractivity contribution in [3.05, 3.63) is 0 Å². The Labute approximate surface area is 82.4 Å². The second-order valence-electron chi connectivity index (χ2n) is 3.60. The molecule has 0 radical (unpaired) electrons. The number of hydrogen-bond donors (Lipinski definition) is 1. The first-order valence-corrected chi connectivity index (χ1v) is 5.06. The highest BCUT2D eigenvalue weighted by molar-refractivity contribution is 4.62. The zero-order chi connectivity index (χ0) is 10.1. The van der Waals surface area contributed by atoms with Gasteiger partial charge in [-0.15, -0.1) is 0 Å². The number of nitrogens with one attached hydrogen (secondary N) is 1. The Kier molecular flexibility index (Phi) is 8.40. The van der Waals surface area contributed by atoms with E-state index in [-0.39, 0.29) is 0 Å². The van der Waals surface area contributed by atoms with Crippen LogP contribution in [0.3, 0.4) is 0 Å². The van der Waals surface area contributed by atoms with Gasteiger partial charge in [-0.2, -0.15) is 0 Å². The summed E-state index contributed by atoms with van der Waals surface area (Å²) >= 11 is 0. The smallest absolute Gasteiger partial charge is 0.0615 e. The molecule has 0 saturated carbocycles. The van der Waals surface area contributed by atoms with E-state index < -0.39 is 0 Å². The minimum Gasteiger partial charge on any atom is -0.383 e. The molecular formula is C10H24N2O. The van der Waals surface area contributed by atoms with E-state index in [0.29, 0.717) is 6.04 Å². The van der Waals surface area contributed by atoms with Gasteiger partial charge in [0, 0.05) is 13.2 Å². The van der Waals surface area contributed by atoms with Gasteiger partial charge in [0.2, 0.25) is 0 Å². The number of methoxy groups -OCH3 is 1. The highest BCUT2D eigenvalue weighted by atomic mass is 16.5. The fourth-order valence-electron chi connectivity index (χ4n) is 1.25. The Bertz CT molecular complexity index is 109. The number of rotatable bonds is 8. The highest BCUT2D eigenvalue weighted by Crippen LogP contribution is 1.98. The molecule has 0 aromatic carbocycles. The largest absolute Gasteiger partial charge is 0.383 e. The maximum atomic E-state index is 5.10. The third-order valence-corrected chi connectivity index (χ3v) is 2.35. The van der Waals surface area contributed by atoms with Gasteiger partial charge in [0.1, 0.15) is 0 Å². The van der Waals surface area contributed by atoms with E-state index in [1.807, 2.05) is 7.05 Å². The first kappa shape index (κ1) is 12.9. The van der Waals surface area contributed by atoms with Gasteiger partial charge in [-0.25, -0.2) is 0 Å². The molecule has 0 amide bonds. The summed E-state index contributed by atoms with van der Waals surface area (Å²) in [6.45, 7) is 5.29. The Morgan fingerprint density at radius 3 is 2.62 bits per heavy atom. The molecule has 1 unspecified atom stereocenters. The minimum atomic E-state index is 0.527. The van der Waals surface area contributed by atoms with E-state index in [1.54, 1.807) is 7.11 Å². The van der Waals surface area contributed by atoms with Crippen LogP contribution in [0.15, 0.2) is 0 Å². The average molecular weight is 188 g/mol. The topological polar surface area (TPSA) is 24.5 Å². The van der Waals surface area contributed by atoms with Crippen molar-refractivity contribution >= 4 is 0 Å². The summed E-state index contributed by atoms with van der Waals surface area (Å²) in [5.41, 5.74) is 0. The van der Waals surface area contributed by atoms with E-state index in [4.69, 9.17) is 4.74 Å².